The van der Waals surface area contributed by atoms with Gasteiger partial charge in [0, 0.05) is 0 Å². The van der Waals surface area contributed by atoms with Gasteiger partial charge in [-0.15, -0.1) is 0 Å². The second-order valence-corrected chi connectivity index (χ2v) is 10.7. The summed E-state index contributed by atoms with van der Waals surface area (Å²) in [5.41, 5.74) is 1.01. The predicted molar refractivity (Wildman–Crippen MR) is 158 cm³/mol. The summed E-state index contributed by atoms with van der Waals surface area (Å²) >= 11 is 2.81. The van der Waals surface area contributed by atoms with Crippen LogP contribution in [0.1, 0.15) is 41.4 Å². The Hall–Kier alpha value is -4.76. The van der Waals surface area contributed by atoms with E-state index in [0.717, 1.165) is 0 Å². The first kappa shape index (κ1) is 30.7. The zero-order valence-corrected chi connectivity index (χ0v) is 24.9. The molecule has 0 aliphatic carbocycles. The monoisotopic (exact) mass is 659 g/mol. The second kappa shape index (κ2) is 14.6. The summed E-state index contributed by atoms with van der Waals surface area (Å²) in [5, 5.41) is -0.983. The SMILES string of the molecule is O=C(OCC1OC([Se])C(OC(=O)c2ccccc2)C(OC(=O)c2ccccc2)C1OC(=O)c1ccccc1)c1ccccc1. The minimum atomic E-state index is -1.36. The molecule has 4 aromatic carbocycles. The average molecular weight is 659 g/mol. The molecule has 44 heavy (non-hydrogen) atoms. The standard InChI is InChI=1S/C34H27O9Se/c35-30(22-13-5-1-6-14-22)39-21-26-27(41-31(36)23-15-7-2-8-16-23)28(42-32(37)24-17-9-3-10-18-24)29(34(44)40-26)43-33(38)25-19-11-4-12-20-25/h1-20,26-29,34H,21H2. The Bertz CT molecular complexity index is 1570. The molecule has 10 heteroatoms. The summed E-state index contributed by atoms with van der Waals surface area (Å²) in [6.07, 6.45) is -5.06. The number of ether oxygens (including phenoxy) is 5. The van der Waals surface area contributed by atoms with Crippen molar-refractivity contribution in [3.05, 3.63) is 144 Å². The van der Waals surface area contributed by atoms with Crippen LogP contribution in [0.2, 0.25) is 0 Å². The molecule has 1 radical (unpaired) electrons. The van der Waals surface area contributed by atoms with Gasteiger partial charge in [-0.25, -0.2) is 0 Å². The number of carbonyl (C=O) groups is 4. The van der Waals surface area contributed by atoms with Gasteiger partial charge in [0.15, 0.2) is 0 Å². The van der Waals surface area contributed by atoms with Gasteiger partial charge < -0.3 is 0 Å². The van der Waals surface area contributed by atoms with Gasteiger partial charge in [0.1, 0.15) is 0 Å². The molecule has 1 aliphatic rings. The third kappa shape index (κ3) is 7.60. The van der Waals surface area contributed by atoms with E-state index in [-0.39, 0.29) is 23.3 Å². The molecule has 0 aromatic heterocycles. The molecule has 223 valence electrons. The van der Waals surface area contributed by atoms with E-state index in [1.54, 1.807) is 121 Å². The molecule has 0 bridgehead atoms. The van der Waals surface area contributed by atoms with Crippen molar-refractivity contribution in [2.24, 2.45) is 0 Å². The van der Waals surface area contributed by atoms with E-state index in [0.29, 0.717) is 5.56 Å². The molecule has 0 N–H and O–H groups in total. The van der Waals surface area contributed by atoms with Crippen LogP contribution >= 0.6 is 0 Å². The average Bonchev–Trinajstić information content (AvgIpc) is 3.07. The molecule has 0 saturated carbocycles. The Morgan fingerprint density at radius 2 is 0.841 bits per heavy atom. The third-order valence-corrected chi connectivity index (χ3v) is 7.53. The normalized spacial score (nSPS) is 21.0. The zero-order valence-electron chi connectivity index (χ0n) is 23.2. The summed E-state index contributed by atoms with van der Waals surface area (Å²) in [7, 11) is 0. The van der Waals surface area contributed by atoms with Gasteiger partial charge in [-0.2, -0.15) is 0 Å². The fourth-order valence-electron chi connectivity index (χ4n) is 4.53. The molecule has 0 spiro atoms. The third-order valence-electron chi connectivity index (χ3n) is 6.74. The Morgan fingerprint density at radius 3 is 1.25 bits per heavy atom. The summed E-state index contributed by atoms with van der Waals surface area (Å²) in [4.78, 5) is 52.6. The Morgan fingerprint density at radius 1 is 0.500 bits per heavy atom. The molecule has 5 unspecified atom stereocenters. The van der Waals surface area contributed by atoms with Crippen LogP contribution in [0.15, 0.2) is 121 Å². The summed E-state index contributed by atoms with van der Waals surface area (Å²) in [5.74, 6) is -2.83. The van der Waals surface area contributed by atoms with Gasteiger partial charge in [0.25, 0.3) is 0 Å². The van der Waals surface area contributed by atoms with Crippen molar-refractivity contribution in [2.45, 2.75) is 29.4 Å². The van der Waals surface area contributed by atoms with Crippen LogP contribution in [0, 0.1) is 0 Å². The van der Waals surface area contributed by atoms with Crippen LogP contribution < -0.4 is 0 Å². The van der Waals surface area contributed by atoms with E-state index in [1.807, 2.05) is 0 Å². The van der Waals surface area contributed by atoms with Crippen molar-refractivity contribution < 1.29 is 42.9 Å². The molecule has 1 heterocycles. The predicted octanol–water partition coefficient (Wildman–Crippen LogP) is 4.41. The van der Waals surface area contributed by atoms with Crippen LogP contribution in [0.4, 0.5) is 0 Å². The zero-order chi connectivity index (χ0) is 30.9. The van der Waals surface area contributed by atoms with E-state index in [2.05, 4.69) is 16.0 Å². The minimum absolute atomic E-state index is 0.226. The summed E-state index contributed by atoms with van der Waals surface area (Å²) in [6, 6.07) is 33.0. The first-order valence-electron chi connectivity index (χ1n) is 13.7. The fourth-order valence-corrected chi connectivity index (χ4v) is 5.27. The van der Waals surface area contributed by atoms with E-state index >= 15 is 0 Å². The van der Waals surface area contributed by atoms with Gasteiger partial charge in [-0.05, 0) is 0 Å². The van der Waals surface area contributed by atoms with Crippen molar-refractivity contribution in [3.63, 3.8) is 0 Å². The van der Waals surface area contributed by atoms with Crippen molar-refractivity contribution in [3.8, 4) is 0 Å². The van der Waals surface area contributed by atoms with E-state index in [1.165, 1.54) is 0 Å². The molecular formula is C34H27O9Se. The Kier molecular flexibility index (Phi) is 10.2. The van der Waals surface area contributed by atoms with Gasteiger partial charge in [-0.1, -0.05) is 0 Å². The molecule has 1 fully saturated rings. The van der Waals surface area contributed by atoms with E-state index in [4.69, 9.17) is 23.7 Å². The first-order valence-corrected chi connectivity index (χ1v) is 14.7. The molecule has 5 rings (SSSR count). The second-order valence-electron chi connectivity index (χ2n) is 9.72. The molecule has 1 aliphatic heterocycles. The summed E-state index contributed by atoms with van der Waals surface area (Å²) < 4.78 is 29.3. The van der Waals surface area contributed by atoms with Gasteiger partial charge >= 0.3 is 262 Å². The van der Waals surface area contributed by atoms with Crippen molar-refractivity contribution in [1.82, 2.24) is 0 Å². The fraction of sp³-hybridized carbons (Fsp3) is 0.176. The van der Waals surface area contributed by atoms with Crippen molar-refractivity contribution in [2.75, 3.05) is 6.61 Å². The number of hydrogen-bond acceptors (Lipinski definition) is 9. The molecule has 0 amide bonds. The number of benzene rings is 4. The maximum atomic E-state index is 13.3. The maximum absolute atomic E-state index is 13.3. The Balaban J connectivity index is 1.48. The van der Waals surface area contributed by atoms with Crippen LogP contribution in [-0.4, -0.2) is 75.9 Å². The number of esters is 4. The molecule has 9 nitrogen and oxygen atoms in total. The molecule has 4 aromatic rings. The quantitative estimate of drug-likeness (QED) is 0.147. The van der Waals surface area contributed by atoms with Gasteiger partial charge in [0.2, 0.25) is 0 Å². The Labute approximate surface area is 261 Å². The topological polar surface area (TPSA) is 114 Å². The number of hydrogen-bond donors (Lipinski definition) is 0. The van der Waals surface area contributed by atoms with Crippen LogP contribution in [0.5, 0.6) is 0 Å². The molecule has 5 atom stereocenters. The van der Waals surface area contributed by atoms with Crippen LogP contribution in [0.25, 0.3) is 0 Å². The molecular weight excluding hydrogens is 631 g/mol. The van der Waals surface area contributed by atoms with E-state index < -0.39 is 53.3 Å². The van der Waals surface area contributed by atoms with Crippen molar-refractivity contribution in [1.29, 1.82) is 0 Å². The van der Waals surface area contributed by atoms with E-state index in [9.17, 15) is 19.2 Å². The van der Waals surface area contributed by atoms with Gasteiger partial charge in [0.05, 0.1) is 0 Å². The van der Waals surface area contributed by atoms with Crippen LogP contribution in [-0.2, 0) is 23.7 Å². The number of carbonyl (C=O) groups excluding carboxylic acids is 4. The number of rotatable bonds is 9. The van der Waals surface area contributed by atoms with Gasteiger partial charge in [-0.3, -0.25) is 0 Å². The molecule has 1 saturated heterocycles. The first-order chi connectivity index (χ1) is 21.4. The summed E-state index contributed by atoms with van der Waals surface area (Å²) in [6.45, 7) is -0.364. The van der Waals surface area contributed by atoms with Crippen molar-refractivity contribution >= 4 is 39.9 Å². The van der Waals surface area contributed by atoms with Crippen LogP contribution in [0.3, 0.4) is 0 Å².